The van der Waals surface area contributed by atoms with Gasteiger partial charge in [-0.25, -0.2) is 0 Å². The Hall–Kier alpha value is -1.46. The fourth-order valence-corrected chi connectivity index (χ4v) is 3.88. The molecule has 0 radical (unpaired) electrons. The van der Waals surface area contributed by atoms with E-state index in [-0.39, 0.29) is 11.3 Å². The van der Waals surface area contributed by atoms with Crippen LogP contribution in [0.3, 0.4) is 0 Å². The van der Waals surface area contributed by atoms with Crippen molar-refractivity contribution in [3.8, 4) is 11.5 Å². The van der Waals surface area contributed by atoms with Crippen molar-refractivity contribution in [2.24, 2.45) is 5.41 Å². The first-order chi connectivity index (χ1) is 11.1. The van der Waals surface area contributed by atoms with Gasteiger partial charge in [0.05, 0.1) is 19.6 Å². The minimum atomic E-state index is -0.207. The van der Waals surface area contributed by atoms with E-state index in [9.17, 15) is 4.79 Å². The normalized spacial score (nSPS) is 24.7. The van der Waals surface area contributed by atoms with Crippen LogP contribution in [0.5, 0.6) is 11.5 Å². The van der Waals surface area contributed by atoms with E-state index < -0.39 is 0 Å². The molecule has 2 fully saturated rings. The average molecular weight is 339 g/mol. The number of ether oxygens (including phenoxy) is 2. The third-order valence-electron chi connectivity index (χ3n) is 4.98. The lowest BCUT2D eigenvalue weighted by Crippen LogP contribution is -2.47. The van der Waals surface area contributed by atoms with Gasteiger partial charge in [0.2, 0.25) is 5.91 Å². The Morgan fingerprint density at radius 1 is 1.26 bits per heavy atom. The van der Waals surface area contributed by atoms with Crippen LogP contribution in [0, 0.1) is 5.41 Å². The number of likely N-dealkylation sites (tertiary alicyclic amines) is 1. The Morgan fingerprint density at radius 3 is 2.70 bits per heavy atom. The van der Waals surface area contributed by atoms with Crippen LogP contribution in [0.1, 0.15) is 24.8 Å². The van der Waals surface area contributed by atoms with Gasteiger partial charge in [-0.3, -0.25) is 9.69 Å². The van der Waals surface area contributed by atoms with Crippen LogP contribution in [-0.2, 0) is 11.3 Å². The molecule has 23 heavy (non-hydrogen) atoms. The average Bonchev–Trinajstić information content (AvgIpc) is 2.96. The van der Waals surface area contributed by atoms with Crippen molar-refractivity contribution in [3.63, 3.8) is 0 Å². The summed E-state index contributed by atoms with van der Waals surface area (Å²) in [6.07, 6.45) is 2.97. The van der Waals surface area contributed by atoms with Crippen LogP contribution >= 0.6 is 11.6 Å². The maximum atomic E-state index is 12.3. The second kappa shape index (κ2) is 6.57. The standard InChI is InChI=1S/C17H23ClN2O3/c1-22-14-8-12(13(18)9-15(14)23-2)10-20-7-5-17(11-20)4-3-6-19-16(17)21/h8-9H,3-7,10-11H2,1-2H3,(H,19,21)/t17-/m1/s1. The zero-order valence-corrected chi connectivity index (χ0v) is 14.4. The van der Waals surface area contributed by atoms with Crippen molar-refractivity contribution in [3.05, 3.63) is 22.7 Å². The Kier molecular flexibility index (Phi) is 4.69. The second-order valence-electron chi connectivity index (χ2n) is 6.40. The first kappa shape index (κ1) is 16.4. The minimum Gasteiger partial charge on any atom is -0.493 e. The zero-order valence-electron chi connectivity index (χ0n) is 13.7. The summed E-state index contributed by atoms with van der Waals surface area (Å²) in [7, 11) is 3.21. The Labute approximate surface area is 141 Å². The maximum absolute atomic E-state index is 12.3. The molecule has 0 saturated carbocycles. The first-order valence-corrected chi connectivity index (χ1v) is 8.37. The summed E-state index contributed by atoms with van der Waals surface area (Å²) in [5, 5.41) is 3.68. The van der Waals surface area contributed by atoms with Crippen LogP contribution in [-0.4, -0.2) is 44.7 Å². The number of benzene rings is 1. The third kappa shape index (κ3) is 3.12. The maximum Gasteiger partial charge on any atom is 0.227 e. The first-order valence-electron chi connectivity index (χ1n) is 7.99. The zero-order chi connectivity index (χ0) is 16.4. The van der Waals surface area contributed by atoms with E-state index in [1.54, 1.807) is 20.3 Å². The van der Waals surface area contributed by atoms with Gasteiger partial charge in [-0.15, -0.1) is 0 Å². The van der Waals surface area contributed by atoms with Crippen molar-refractivity contribution >= 4 is 17.5 Å². The number of hydrogen-bond acceptors (Lipinski definition) is 4. The monoisotopic (exact) mass is 338 g/mol. The molecule has 1 atom stereocenters. The molecule has 0 aromatic heterocycles. The van der Waals surface area contributed by atoms with Crippen LogP contribution in [0.4, 0.5) is 0 Å². The number of amides is 1. The molecule has 1 aromatic rings. The van der Waals surface area contributed by atoms with Crippen molar-refractivity contribution < 1.29 is 14.3 Å². The Morgan fingerprint density at radius 2 is 2.00 bits per heavy atom. The van der Waals surface area contributed by atoms with E-state index in [2.05, 4.69) is 10.2 Å². The molecule has 3 rings (SSSR count). The molecule has 1 spiro atoms. The number of methoxy groups -OCH3 is 2. The number of nitrogens with one attached hydrogen (secondary N) is 1. The summed E-state index contributed by atoms with van der Waals surface area (Å²) in [6.45, 7) is 3.23. The Bertz CT molecular complexity index is 608. The molecular weight excluding hydrogens is 316 g/mol. The van der Waals surface area contributed by atoms with E-state index in [1.165, 1.54) is 0 Å². The molecule has 0 bridgehead atoms. The number of piperidine rings is 1. The summed E-state index contributed by atoms with van der Waals surface area (Å²) in [4.78, 5) is 14.6. The highest BCUT2D eigenvalue weighted by molar-refractivity contribution is 6.31. The number of nitrogens with zero attached hydrogens (tertiary/aromatic N) is 1. The molecule has 6 heteroatoms. The summed E-state index contributed by atoms with van der Waals surface area (Å²) < 4.78 is 10.6. The van der Waals surface area contributed by atoms with Gasteiger partial charge in [0.25, 0.3) is 0 Å². The number of rotatable bonds is 4. The van der Waals surface area contributed by atoms with Gasteiger partial charge in [-0.05, 0) is 37.4 Å². The SMILES string of the molecule is COc1cc(Cl)c(CN2CC[C@]3(CCCNC3=O)C2)cc1OC. The van der Waals surface area contributed by atoms with Crippen LogP contribution < -0.4 is 14.8 Å². The molecule has 1 aromatic carbocycles. The van der Waals surface area contributed by atoms with Gasteiger partial charge in [-0.1, -0.05) is 11.6 Å². The number of hydrogen-bond donors (Lipinski definition) is 1. The van der Waals surface area contributed by atoms with Crippen LogP contribution in [0.15, 0.2) is 12.1 Å². The highest BCUT2D eigenvalue weighted by Gasteiger charge is 2.45. The summed E-state index contributed by atoms with van der Waals surface area (Å²) in [5.74, 6) is 1.52. The smallest absolute Gasteiger partial charge is 0.227 e. The quantitative estimate of drug-likeness (QED) is 0.916. The Balaban J connectivity index is 1.74. The number of carbonyl (C=O) groups is 1. The molecule has 2 aliphatic heterocycles. The molecular formula is C17H23ClN2O3. The van der Waals surface area contributed by atoms with E-state index >= 15 is 0 Å². The van der Waals surface area contributed by atoms with Crippen molar-refractivity contribution in [2.45, 2.75) is 25.8 Å². The lowest BCUT2D eigenvalue weighted by Gasteiger charge is -2.32. The molecule has 126 valence electrons. The van der Waals surface area contributed by atoms with Crippen LogP contribution in [0.2, 0.25) is 5.02 Å². The van der Waals surface area contributed by atoms with E-state index in [0.717, 1.165) is 44.5 Å². The van der Waals surface area contributed by atoms with Crippen molar-refractivity contribution in [1.29, 1.82) is 0 Å². The summed E-state index contributed by atoms with van der Waals surface area (Å²) >= 11 is 6.38. The van der Waals surface area contributed by atoms with Gasteiger partial charge in [0, 0.05) is 30.7 Å². The molecule has 2 heterocycles. The molecule has 1 N–H and O–H groups in total. The van der Waals surface area contributed by atoms with Crippen molar-refractivity contribution in [1.82, 2.24) is 10.2 Å². The molecule has 2 aliphatic rings. The predicted molar refractivity (Wildman–Crippen MR) is 89.1 cm³/mol. The van der Waals surface area contributed by atoms with Gasteiger partial charge >= 0.3 is 0 Å². The van der Waals surface area contributed by atoms with Gasteiger partial charge < -0.3 is 14.8 Å². The fourth-order valence-electron chi connectivity index (χ4n) is 3.67. The van der Waals surface area contributed by atoms with Gasteiger partial charge in [0.1, 0.15) is 0 Å². The largest absolute Gasteiger partial charge is 0.493 e. The number of halogens is 1. The molecule has 1 amide bonds. The predicted octanol–water partition coefficient (Wildman–Crippen LogP) is 2.46. The highest BCUT2D eigenvalue weighted by atomic mass is 35.5. The van der Waals surface area contributed by atoms with E-state index in [4.69, 9.17) is 21.1 Å². The summed E-state index contributed by atoms with van der Waals surface area (Å²) in [5.41, 5.74) is 0.791. The lowest BCUT2D eigenvalue weighted by atomic mass is 9.79. The van der Waals surface area contributed by atoms with E-state index in [0.29, 0.717) is 23.1 Å². The third-order valence-corrected chi connectivity index (χ3v) is 5.33. The highest BCUT2D eigenvalue weighted by Crippen LogP contribution is 2.39. The number of carbonyl (C=O) groups excluding carboxylic acids is 1. The minimum absolute atomic E-state index is 0.207. The van der Waals surface area contributed by atoms with Crippen LogP contribution in [0.25, 0.3) is 0 Å². The fraction of sp³-hybridized carbons (Fsp3) is 0.588. The molecule has 2 saturated heterocycles. The van der Waals surface area contributed by atoms with Gasteiger partial charge in [-0.2, -0.15) is 0 Å². The molecule has 5 nitrogen and oxygen atoms in total. The molecule has 0 aliphatic carbocycles. The molecule has 0 unspecified atom stereocenters. The van der Waals surface area contributed by atoms with Gasteiger partial charge in [0.15, 0.2) is 11.5 Å². The lowest BCUT2D eigenvalue weighted by molar-refractivity contribution is -0.132. The van der Waals surface area contributed by atoms with E-state index in [1.807, 2.05) is 6.07 Å². The topological polar surface area (TPSA) is 50.8 Å². The second-order valence-corrected chi connectivity index (χ2v) is 6.81. The van der Waals surface area contributed by atoms with Crippen molar-refractivity contribution in [2.75, 3.05) is 33.9 Å². The summed E-state index contributed by atoms with van der Waals surface area (Å²) in [6, 6.07) is 3.71.